The molecule has 1 rings (SSSR count). The van der Waals surface area contributed by atoms with Crippen LogP contribution in [-0.4, -0.2) is 55.7 Å². The highest BCUT2D eigenvalue weighted by Crippen LogP contribution is 2.21. The van der Waals surface area contributed by atoms with Gasteiger partial charge in [-0.2, -0.15) is 0 Å². The lowest BCUT2D eigenvalue weighted by Gasteiger charge is -2.17. The van der Waals surface area contributed by atoms with Crippen LogP contribution in [0.2, 0.25) is 0 Å². The highest BCUT2D eigenvalue weighted by atomic mass is 19.1. The Labute approximate surface area is 116 Å². The van der Waals surface area contributed by atoms with E-state index in [0.29, 0.717) is 13.2 Å². The zero-order valence-electron chi connectivity index (χ0n) is 11.4. The third-order valence-electron chi connectivity index (χ3n) is 2.56. The number of hydrogen-bond acceptors (Lipinski definition) is 4. The summed E-state index contributed by atoms with van der Waals surface area (Å²) >= 11 is 0. The Morgan fingerprint density at radius 1 is 1.45 bits per heavy atom. The SMILES string of the molecule is COCCNC(=O)CN(C)C(=O)c1c(O)cccc1F. The van der Waals surface area contributed by atoms with Gasteiger partial charge in [0.1, 0.15) is 17.1 Å². The first kappa shape index (κ1) is 15.9. The molecule has 0 aliphatic rings. The molecule has 110 valence electrons. The lowest BCUT2D eigenvalue weighted by atomic mass is 10.1. The molecule has 0 spiro atoms. The second kappa shape index (κ2) is 7.44. The van der Waals surface area contributed by atoms with Gasteiger partial charge in [-0.05, 0) is 12.1 Å². The first-order chi connectivity index (χ1) is 9.47. The number of nitrogens with one attached hydrogen (secondary N) is 1. The summed E-state index contributed by atoms with van der Waals surface area (Å²) in [5.74, 6) is -2.44. The van der Waals surface area contributed by atoms with Gasteiger partial charge in [-0.25, -0.2) is 4.39 Å². The highest BCUT2D eigenvalue weighted by molar-refractivity contribution is 5.98. The van der Waals surface area contributed by atoms with Crippen molar-refractivity contribution in [2.75, 3.05) is 33.9 Å². The smallest absolute Gasteiger partial charge is 0.260 e. The first-order valence-corrected chi connectivity index (χ1v) is 5.96. The van der Waals surface area contributed by atoms with E-state index in [1.54, 1.807) is 0 Å². The lowest BCUT2D eigenvalue weighted by molar-refractivity contribution is -0.121. The van der Waals surface area contributed by atoms with Gasteiger partial charge in [-0.3, -0.25) is 9.59 Å². The van der Waals surface area contributed by atoms with Gasteiger partial charge in [0.25, 0.3) is 5.91 Å². The number of likely N-dealkylation sites (N-methyl/N-ethyl adjacent to an activating group) is 1. The summed E-state index contributed by atoms with van der Waals surface area (Å²) in [6, 6.07) is 3.57. The van der Waals surface area contributed by atoms with Crippen LogP contribution in [0.15, 0.2) is 18.2 Å². The van der Waals surface area contributed by atoms with E-state index in [2.05, 4.69) is 5.32 Å². The van der Waals surface area contributed by atoms with Crippen molar-refractivity contribution < 1.29 is 23.8 Å². The maximum atomic E-state index is 13.5. The summed E-state index contributed by atoms with van der Waals surface area (Å²) in [6.45, 7) is 0.441. The highest BCUT2D eigenvalue weighted by Gasteiger charge is 2.21. The largest absolute Gasteiger partial charge is 0.507 e. The third-order valence-corrected chi connectivity index (χ3v) is 2.56. The van der Waals surface area contributed by atoms with Crippen LogP contribution in [-0.2, 0) is 9.53 Å². The van der Waals surface area contributed by atoms with Crippen molar-refractivity contribution in [3.8, 4) is 5.75 Å². The van der Waals surface area contributed by atoms with E-state index in [1.165, 1.54) is 26.3 Å². The maximum absolute atomic E-state index is 13.5. The molecule has 0 saturated carbocycles. The van der Waals surface area contributed by atoms with E-state index in [-0.39, 0.29) is 6.54 Å². The minimum Gasteiger partial charge on any atom is -0.507 e. The summed E-state index contributed by atoms with van der Waals surface area (Å²) < 4.78 is 18.3. The van der Waals surface area contributed by atoms with Gasteiger partial charge in [0, 0.05) is 20.7 Å². The van der Waals surface area contributed by atoms with Crippen LogP contribution in [0.4, 0.5) is 4.39 Å². The second-order valence-electron chi connectivity index (χ2n) is 4.14. The molecule has 0 fully saturated rings. The van der Waals surface area contributed by atoms with Gasteiger partial charge in [-0.1, -0.05) is 6.07 Å². The molecule has 0 saturated heterocycles. The number of phenolic OH excluding ortho intramolecular Hbond substituents is 1. The van der Waals surface area contributed by atoms with Crippen molar-refractivity contribution in [3.63, 3.8) is 0 Å². The molecular weight excluding hydrogens is 267 g/mol. The van der Waals surface area contributed by atoms with Crippen LogP contribution in [0, 0.1) is 5.82 Å². The van der Waals surface area contributed by atoms with Crippen molar-refractivity contribution in [3.05, 3.63) is 29.6 Å². The third kappa shape index (κ3) is 4.20. The van der Waals surface area contributed by atoms with Crippen molar-refractivity contribution in [1.82, 2.24) is 10.2 Å². The average Bonchev–Trinajstić information content (AvgIpc) is 2.38. The van der Waals surface area contributed by atoms with E-state index >= 15 is 0 Å². The molecule has 1 aromatic rings. The molecule has 0 radical (unpaired) electrons. The van der Waals surface area contributed by atoms with Crippen LogP contribution >= 0.6 is 0 Å². The monoisotopic (exact) mass is 284 g/mol. The molecule has 0 heterocycles. The topological polar surface area (TPSA) is 78.9 Å². The van der Waals surface area contributed by atoms with Crippen LogP contribution in [0.25, 0.3) is 0 Å². The summed E-state index contributed by atoms with van der Waals surface area (Å²) in [6.07, 6.45) is 0. The molecule has 2 amide bonds. The second-order valence-corrected chi connectivity index (χ2v) is 4.14. The molecule has 0 atom stereocenters. The lowest BCUT2D eigenvalue weighted by Crippen LogP contribution is -2.39. The van der Waals surface area contributed by atoms with Crippen LogP contribution < -0.4 is 5.32 Å². The molecule has 6 nitrogen and oxygen atoms in total. The van der Waals surface area contributed by atoms with Crippen LogP contribution in [0.5, 0.6) is 5.75 Å². The van der Waals surface area contributed by atoms with Gasteiger partial charge in [-0.15, -0.1) is 0 Å². The minimum absolute atomic E-state index is 0.240. The Morgan fingerprint density at radius 3 is 2.75 bits per heavy atom. The number of phenols is 1. The van der Waals surface area contributed by atoms with E-state index in [1.807, 2.05) is 0 Å². The van der Waals surface area contributed by atoms with Crippen LogP contribution in [0.3, 0.4) is 0 Å². The van der Waals surface area contributed by atoms with Crippen molar-refractivity contribution >= 4 is 11.8 Å². The molecule has 7 heteroatoms. The summed E-state index contributed by atoms with van der Waals surface area (Å²) in [5, 5.41) is 12.0. The fourth-order valence-corrected chi connectivity index (χ4v) is 1.55. The fraction of sp³-hybridized carbons (Fsp3) is 0.385. The first-order valence-electron chi connectivity index (χ1n) is 5.96. The number of rotatable bonds is 6. The van der Waals surface area contributed by atoms with Crippen molar-refractivity contribution in [2.24, 2.45) is 0 Å². The molecule has 0 aliphatic carbocycles. The molecule has 0 aromatic heterocycles. The quantitative estimate of drug-likeness (QED) is 0.740. The molecule has 0 aliphatic heterocycles. The van der Waals surface area contributed by atoms with Crippen molar-refractivity contribution in [2.45, 2.75) is 0 Å². The average molecular weight is 284 g/mol. The molecule has 1 aromatic carbocycles. The Balaban J connectivity index is 2.65. The molecule has 20 heavy (non-hydrogen) atoms. The number of carbonyl (C=O) groups excluding carboxylic acids is 2. The predicted octanol–water partition coefficient (Wildman–Crippen LogP) is 0.366. The summed E-state index contributed by atoms with van der Waals surface area (Å²) in [7, 11) is 2.85. The normalized spacial score (nSPS) is 10.2. The number of halogens is 1. The van der Waals surface area contributed by atoms with Gasteiger partial charge < -0.3 is 20.1 Å². The zero-order chi connectivity index (χ0) is 15.1. The minimum atomic E-state index is -0.832. The van der Waals surface area contributed by atoms with Crippen LogP contribution in [0.1, 0.15) is 10.4 Å². The number of nitrogens with zero attached hydrogens (tertiary/aromatic N) is 1. The Morgan fingerprint density at radius 2 is 2.15 bits per heavy atom. The number of methoxy groups -OCH3 is 1. The summed E-state index contributed by atoms with van der Waals surface area (Å²) in [4.78, 5) is 24.5. The fourth-order valence-electron chi connectivity index (χ4n) is 1.55. The van der Waals surface area contributed by atoms with Gasteiger partial charge in [0.2, 0.25) is 5.91 Å². The number of amides is 2. The Hall–Kier alpha value is -2.15. The number of ether oxygens (including phenoxy) is 1. The van der Waals surface area contributed by atoms with Gasteiger partial charge in [0.15, 0.2) is 0 Å². The Kier molecular flexibility index (Phi) is 5.92. The number of hydrogen-bond donors (Lipinski definition) is 2. The summed E-state index contributed by atoms with van der Waals surface area (Å²) in [5.41, 5.74) is -0.445. The molecule has 2 N–H and O–H groups in total. The van der Waals surface area contributed by atoms with Crippen molar-refractivity contribution in [1.29, 1.82) is 0 Å². The maximum Gasteiger partial charge on any atom is 0.260 e. The molecule has 0 bridgehead atoms. The standard InChI is InChI=1S/C13H17FN2O4/c1-16(8-11(18)15-6-7-20-2)13(19)12-9(14)4-3-5-10(12)17/h3-5,17H,6-8H2,1-2H3,(H,15,18). The zero-order valence-corrected chi connectivity index (χ0v) is 11.4. The molecule has 0 unspecified atom stereocenters. The van der Waals surface area contributed by atoms with E-state index in [9.17, 15) is 19.1 Å². The Bertz CT molecular complexity index is 473. The molecular formula is C13H17FN2O4. The number of benzene rings is 1. The van der Waals surface area contributed by atoms with Gasteiger partial charge >= 0.3 is 0 Å². The van der Waals surface area contributed by atoms with E-state index in [0.717, 1.165) is 11.0 Å². The number of aromatic hydroxyl groups is 1. The van der Waals surface area contributed by atoms with Gasteiger partial charge in [0.05, 0.1) is 13.2 Å². The van der Waals surface area contributed by atoms with E-state index < -0.39 is 28.9 Å². The predicted molar refractivity (Wildman–Crippen MR) is 69.9 cm³/mol. The van der Waals surface area contributed by atoms with E-state index in [4.69, 9.17) is 4.74 Å². The number of carbonyl (C=O) groups is 2.